The number of nitrogens with zero attached hydrogens (tertiary/aromatic N) is 2. The molecule has 22 heavy (non-hydrogen) atoms. The van der Waals surface area contributed by atoms with Crippen molar-refractivity contribution in [1.82, 2.24) is 4.90 Å². The molecule has 2 aromatic carbocycles. The molecule has 1 aliphatic heterocycles. The van der Waals surface area contributed by atoms with Gasteiger partial charge in [-0.3, -0.25) is 4.99 Å². The number of benzene rings is 2. The lowest BCUT2D eigenvalue weighted by Crippen LogP contribution is -2.26. The highest BCUT2D eigenvalue weighted by atomic mass is 32.2. The monoisotopic (exact) mass is 306 g/mol. The van der Waals surface area contributed by atoms with Crippen LogP contribution in [-0.4, -0.2) is 23.2 Å². The third-order valence-corrected chi connectivity index (χ3v) is 4.40. The lowest BCUT2D eigenvalue weighted by Gasteiger charge is -2.25. The molecule has 2 aromatic rings. The van der Waals surface area contributed by atoms with Crippen molar-refractivity contribution in [3.63, 3.8) is 0 Å². The fourth-order valence-electron chi connectivity index (χ4n) is 2.36. The average molecular weight is 306 g/mol. The molecule has 0 spiro atoms. The van der Waals surface area contributed by atoms with Gasteiger partial charge in [-0.15, -0.1) is 6.58 Å². The van der Waals surface area contributed by atoms with Gasteiger partial charge in [-0.2, -0.15) is 0 Å². The van der Waals surface area contributed by atoms with E-state index in [-0.39, 0.29) is 5.50 Å². The van der Waals surface area contributed by atoms with Crippen molar-refractivity contribution in [2.24, 2.45) is 4.99 Å². The molecular weight excluding hydrogens is 288 g/mol. The van der Waals surface area contributed by atoms with E-state index in [2.05, 4.69) is 53.3 Å². The van der Waals surface area contributed by atoms with Crippen LogP contribution in [0.25, 0.3) is 5.70 Å². The predicted molar refractivity (Wildman–Crippen MR) is 96.7 cm³/mol. The minimum Gasteiger partial charge on any atom is -0.336 e. The first-order chi connectivity index (χ1) is 10.9. The summed E-state index contributed by atoms with van der Waals surface area (Å²) in [5.41, 5.74) is 3.61. The van der Waals surface area contributed by atoms with Crippen molar-refractivity contribution >= 4 is 23.7 Å². The average Bonchev–Trinajstić information content (AvgIpc) is 2.98. The van der Waals surface area contributed by atoms with Gasteiger partial charge < -0.3 is 4.90 Å². The maximum absolute atomic E-state index is 4.73. The summed E-state index contributed by atoms with van der Waals surface area (Å²) in [6, 6.07) is 20.6. The largest absolute Gasteiger partial charge is 0.336 e. The number of hydrogen-bond acceptors (Lipinski definition) is 3. The quantitative estimate of drug-likeness (QED) is 0.591. The van der Waals surface area contributed by atoms with Crippen LogP contribution in [0.2, 0.25) is 0 Å². The van der Waals surface area contributed by atoms with Crippen molar-refractivity contribution in [1.29, 1.82) is 0 Å². The van der Waals surface area contributed by atoms with Gasteiger partial charge in [0.1, 0.15) is 0 Å². The Morgan fingerprint density at radius 3 is 2.41 bits per heavy atom. The Labute approximate surface area is 135 Å². The lowest BCUT2D eigenvalue weighted by molar-refractivity contribution is 0.430. The van der Waals surface area contributed by atoms with Gasteiger partial charge in [0.05, 0.1) is 5.70 Å². The van der Waals surface area contributed by atoms with E-state index in [4.69, 9.17) is 4.99 Å². The Bertz CT molecular complexity index is 677. The smallest absolute Gasteiger partial charge is 0.173 e. The Hall–Kier alpha value is -2.26. The summed E-state index contributed by atoms with van der Waals surface area (Å²) in [5, 5.41) is 2.19. The molecule has 1 aliphatic rings. The van der Waals surface area contributed by atoms with Crippen molar-refractivity contribution in [3.8, 4) is 0 Å². The molecule has 3 heteroatoms. The van der Waals surface area contributed by atoms with E-state index in [1.54, 1.807) is 11.8 Å². The molecule has 0 saturated carbocycles. The second-order valence-corrected chi connectivity index (χ2v) is 5.89. The minimum atomic E-state index is 0.0633. The number of rotatable bonds is 5. The molecule has 0 bridgehead atoms. The highest BCUT2D eigenvalue weighted by Crippen LogP contribution is 2.37. The fourth-order valence-corrected chi connectivity index (χ4v) is 3.36. The van der Waals surface area contributed by atoms with Crippen LogP contribution < -0.4 is 0 Å². The molecule has 0 aromatic heterocycles. The van der Waals surface area contributed by atoms with Crippen LogP contribution in [0.5, 0.6) is 0 Å². The predicted octanol–water partition coefficient (Wildman–Crippen LogP) is 4.62. The van der Waals surface area contributed by atoms with Crippen LogP contribution in [0.4, 0.5) is 0 Å². The van der Waals surface area contributed by atoms with Gasteiger partial charge in [-0.05, 0) is 16.5 Å². The molecule has 0 saturated heterocycles. The van der Waals surface area contributed by atoms with E-state index in [0.29, 0.717) is 0 Å². The topological polar surface area (TPSA) is 15.6 Å². The summed E-state index contributed by atoms with van der Waals surface area (Å²) in [6.45, 7) is 4.66. The Morgan fingerprint density at radius 2 is 1.73 bits per heavy atom. The molecule has 3 rings (SSSR count). The van der Waals surface area contributed by atoms with E-state index in [9.17, 15) is 0 Å². The van der Waals surface area contributed by atoms with Gasteiger partial charge in [0.2, 0.25) is 0 Å². The van der Waals surface area contributed by atoms with E-state index in [1.807, 2.05) is 36.6 Å². The van der Waals surface area contributed by atoms with Gasteiger partial charge in [-0.1, -0.05) is 78.5 Å². The van der Waals surface area contributed by atoms with Gasteiger partial charge in [-0.25, -0.2) is 0 Å². The maximum atomic E-state index is 4.73. The summed E-state index contributed by atoms with van der Waals surface area (Å²) in [5.74, 6) is 0. The maximum Gasteiger partial charge on any atom is 0.173 e. The van der Waals surface area contributed by atoms with Crippen molar-refractivity contribution in [2.45, 2.75) is 5.50 Å². The third-order valence-electron chi connectivity index (χ3n) is 3.42. The zero-order valence-corrected chi connectivity index (χ0v) is 13.1. The van der Waals surface area contributed by atoms with Crippen LogP contribution in [0.15, 0.2) is 83.7 Å². The molecule has 0 amide bonds. The van der Waals surface area contributed by atoms with Gasteiger partial charge in [0, 0.05) is 12.8 Å². The first kappa shape index (κ1) is 14.7. The molecule has 0 radical (unpaired) electrons. The van der Waals surface area contributed by atoms with Crippen LogP contribution in [0.1, 0.15) is 11.1 Å². The molecule has 0 fully saturated rings. The molecule has 1 atom stereocenters. The van der Waals surface area contributed by atoms with Gasteiger partial charge >= 0.3 is 0 Å². The third kappa shape index (κ3) is 3.31. The zero-order chi connectivity index (χ0) is 15.2. The lowest BCUT2D eigenvalue weighted by atomic mass is 10.1. The molecule has 1 heterocycles. The Kier molecular flexibility index (Phi) is 4.76. The Morgan fingerprint density at radius 1 is 1.05 bits per heavy atom. The molecule has 0 unspecified atom stereocenters. The molecular formula is C19H18N2S. The summed E-state index contributed by atoms with van der Waals surface area (Å²) in [7, 11) is 0. The highest BCUT2D eigenvalue weighted by Gasteiger charge is 2.25. The minimum absolute atomic E-state index is 0.0633. The van der Waals surface area contributed by atoms with E-state index in [1.165, 1.54) is 11.3 Å². The molecule has 110 valence electrons. The SMILES string of the molecule is C=CCN1C(c2ccccc2)=CS[C@@H]1N=Cc1ccccc1. The Balaban J connectivity index is 1.79. The molecule has 2 nitrogen and oxygen atoms in total. The zero-order valence-electron chi connectivity index (χ0n) is 12.3. The highest BCUT2D eigenvalue weighted by molar-refractivity contribution is 8.03. The van der Waals surface area contributed by atoms with Crippen LogP contribution in [0, 0.1) is 0 Å². The second kappa shape index (κ2) is 7.14. The van der Waals surface area contributed by atoms with Crippen LogP contribution in [-0.2, 0) is 0 Å². The van der Waals surface area contributed by atoms with E-state index in [0.717, 1.165) is 12.1 Å². The summed E-state index contributed by atoms with van der Waals surface area (Å²) < 4.78 is 0. The van der Waals surface area contributed by atoms with E-state index < -0.39 is 0 Å². The molecule has 0 aliphatic carbocycles. The first-order valence-electron chi connectivity index (χ1n) is 7.25. The van der Waals surface area contributed by atoms with Crippen LogP contribution in [0.3, 0.4) is 0 Å². The van der Waals surface area contributed by atoms with Gasteiger partial charge in [0.25, 0.3) is 0 Å². The van der Waals surface area contributed by atoms with Crippen molar-refractivity contribution in [2.75, 3.05) is 6.54 Å². The van der Waals surface area contributed by atoms with Crippen molar-refractivity contribution < 1.29 is 0 Å². The number of hydrogen-bond donors (Lipinski definition) is 0. The molecule has 0 N–H and O–H groups in total. The standard InChI is InChI=1S/C19H18N2S/c1-2-13-21-18(17-11-7-4-8-12-17)15-22-19(21)20-14-16-9-5-3-6-10-16/h2-12,14-15,19H,1,13H2/t19-/m1/s1. The van der Waals surface area contributed by atoms with Crippen molar-refractivity contribution in [3.05, 3.63) is 89.9 Å². The number of thioether (sulfide) groups is 1. The van der Waals surface area contributed by atoms with Crippen LogP contribution >= 0.6 is 11.8 Å². The first-order valence-corrected chi connectivity index (χ1v) is 8.19. The van der Waals surface area contributed by atoms with Gasteiger partial charge in [0.15, 0.2) is 5.50 Å². The summed E-state index contributed by atoms with van der Waals surface area (Å²) in [6.07, 6.45) is 3.86. The summed E-state index contributed by atoms with van der Waals surface area (Å²) in [4.78, 5) is 7.00. The van der Waals surface area contributed by atoms with E-state index >= 15 is 0 Å². The summed E-state index contributed by atoms with van der Waals surface area (Å²) >= 11 is 1.73. The fraction of sp³-hybridized carbons (Fsp3) is 0.105. The second-order valence-electron chi connectivity index (χ2n) is 4.96. The normalized spacial score (nSPS) is 17.7. The number of aliphatic imine (C=N–C) groups is 1.